The van der Waals surface area contributed by atoms with Crippen LogP contribution in [0.25, 0.3) is 0 Å². The van der Waals surface area contributed by atoms with Gasteiger partial charge in [-0.25, -0.2) is 13.2 Å². The summed E-state index contributed by atoms with van der Waals surface area (Å²) in [6.07, 6.45) is 1.42. The summed E-state index contributed by atoms with van der Waals surface area (Å²) in [7, 11) is -2.94. The van der Waals surface area contributed by atoms with Gasteiger partial charge in [-0.3, -0.25) is 4.79 Å². The molecule has 3 rings (SSSR count). The average molecular weight is 442 g/mol. The molecule has 162 valence electrons. The maximum atomic E-state index is 13.5. The molecule has 0 bridgehead atoms. The first kappa shape index (κ1) is 22.3. The smallest absolute Gasteiger partial charge is 0.337 e. The van der Waals surface area contributed by atoms with E-state index in [4.69, 9.17) is 9.15 Å². The fourth-order valence-corrected chi connectivity index (χ4v) is 4.56. The molecule has 2 aromatic carbocycles. The summed E-state index contributed by atoms with van der Waals surface area (Å²) in [5.41, 5.74) is 1.07. The van der Waals surface area contributed by atoms with E-state index in [1.54, 1.807) is 49.4 Å². The second-order valence-electron chi connectivity index (χ2n) is 6.74. The van der Waals surface area contributed by atoms with Crippen molar-refractivity contribution in [1.29, 1.82) is 0 Å². The third-order valence-electron chi connectivity index (χ3n) is 4.52. The van der Waals surface area contributed by atoms with Crippen LogP contribution in [-0.4, -0.2) is 38.3 Å². The van der Waals surface area contributed by atoms with Crippen LogP contribution in [-0.2, 0) is 26.1 Å². The number of benzene rings is 2. The van der Waals surface area contributed by atoms with Gasteiger partial charge in [-0.1, -0.05) is 24.3 Å². The van der Waals surface area contributed by atoms with Gasteiger partial charge >= 0.3 is 5.97 Å². The lowest BCUT2D eigenvalue weighted by molar-refractivity contribution is -0.116. The molecule has 0 saturated carbocycles. The van der Waals surface area contributed by atoms with Gasteiger partial charge in [-0.2, -0.15) is 4.31 Å². The SMILES string of the molecule is COC(=O)c1ccc(C)c(S(=O)(=O)N(CC(=O)Nc2ccccc2)Cc2ccco2)c1. The second-order valence-corrected chi connectivity index (χ2v) is 8.64. The van der Waals surface area contributed by atoms with E-state index in [1.165, 1.54) is 31.6 Å². The van der Waals surface area contributed by atoms with E-state index >= 15 is 0 Å². The molecule has 0 spiro atoms. The van der Waals surface area contributed by atoms with Gasteiger partial charge in [-0.05, 0) is 48.9 Å². The zero-order chi connectivity index (χ0) is 22.4. The molecule has 0 aliphatic carbocycles. The van der Waals surface area contributed by atoms with Gasteiger partial charge in [0.25, 0.3) is 0 Å². The number of nitrogens with one attached hydrogen (secondary N) is 1. The van der Waals surface area contributed by atoms with E-state index in [-0.39, 0.29) is 17.0 Å². The number of amides is 1. The number of carbonyl (C=O) groups is 2. The first-order valence-corrected chi connectivity index (χ1v) is 10.8. The molecule has 0 aliphatic heterocycles. The lowest BCUT2D eigenvalue weighted by Gasteiger charge is -2.22. The fourth-order valence-electron chi connectivity index (χ4n) is 2.95. The molecule has 0 radical (unpaired) electrons. The quantitative estimate of drug-likeness (QED) is 0.537. The summed E-state index contributed by atoms with van der Waals surface area (Å²) in [6, 6.07) is 16.2. The summed E-state index contributed by atoms with van der Waals surface area (Å²) in [5.74, 6) is -0.795. The minimum atomic E-state index is -4.15. The Kier molecular flexibility index (Phi) is 6.88. The van der Waals surface area contributed by atoms with Crippen molar-refractivity contribution in [2.45, 2.75) is 18.4 Å². The van der Waals surface area contributed by atoms with Crippen molar-refractivity contribution in [3.63, 3.8) is 0 Å². The van der Waals surface area contributed by atoms with Crippen LogP contribution >= 0.6 is 0 Å². The van der Waals surface area contributed by atoms with Gasteiger partial charge in [0.05, 0.1) is 36.9 Å². The van der Waals surface area contributed by atoms with E-state index in [0.29, 0.717) is 17.0 Å². The van der Waals surface area contributed by atoms with Gasteiger partial charge in [0.15, 0.2) is 0 Å². The van der Waals surface area contributed by atoms with Crippen molar-refractivity contribution in [2.75, 3.05) is 19.0 Å². The van der Waals surface area contributed by atoms with Gasteiger partial charge in [-0.15, -0.1) is 0 Å². The molecule has 8 nitrogen and oxygen atoms in total. The van der Waals surface area contributed by atoms with Gasteiger partial charge in [0.1, 0.15) is 5.76 Å². The average Bonchev–Trinajstić information content (AvgIpc) is 3.27. The Morgan fingerprint density at radius 1 is 1.06 bits per heavy atom. The van der Waals surface area contributed by atoms with Crippen molar-refractivity contribution in [2.24, 2.45) is 0 Å². The molecule has 0 atom stereocenters. The van der Waals surface area contributed by atoms with E-state index < -0.39 is 28.4 Å². The lowest BCUT2D eigenvalue weighted by Crippen LogP contribution is -2.37. The van der Waals surface area contributed by atoms with Crippen molar-refractivity contribution in [3.05, 3.63) is 83.8 Å². The Morgan fingerprint density at radius 3 is 2.45 bits per heavy atom. The normalized spacial score (nSPS) is 11.3. The van der Waals surface area contributed by atoms with E-state index in [2.05, 4.69) is 5.32 Å². The number of rotatable bonds is 8. The van der Waals surface area contributed by atoms with Crippen molar-refractivity contribution in [3.8, 4) is 0 Å². The molecule has 3 aromatic rings. The molecule has 0 unspecified atom stereocenters. The highest BCUT2D eigenvalue weighted by Crippen LogP contribution is 2.24. The maximum absolute atomic E-state index is 13.5. The Hall–Kier alpha value is -3.43. The molecule has 9 heteroatoms. The minimum absolute atomic E-state index is 0.0885. The number of hydrogen-bond donors (Lipinski definition) is 1. The Morgan fingerprint density at radius 2 is 1.81 bits per heavy atom. The molecule has 1 N–H and O–H groups in total. The molecule has 1 heterocycles. The highest BCUT2D eigenvalue weighted by atomic mass is 32.2. The van der Waals surface area contributed by atoms with Crippen LogP contribution < -0.4 is 5.32 Å². The third kappa shape index (κ3) is 5.39. The Balaban J connectivity index is 1.94. The van der Waals surface area contributed by atoms with Crippen LogP contribution in [0.5, 0.6) is 0 Å². The Labute approximate surface area is 180 Å². The van der Waals surface area contributed by atoms with Crippen molar-refractivity contribution >= 4 is 27.6 Å². The number of ether oxygens (including phenoxy) is 1. The molecule has 1 amide bonds. The fraction of sp³-hybridized carbons (Fsp3) is 0.182. The molecular formula is C22H22N2O6S. The molecule has 31 heavy (non-hydrogen) atoms. The van der Waals surface area contributed by atoms with Crippen LogP contribution in [0.15, 0.2) is 76.2 Å². The maximum Gasteiger partial charge on any atom is 0.337 e. The Bertz CT molecular complexity index is 1160. The minimum Gasteiger partial charge on any atom is -0.468 e. The highest BCUT2D eigenvalue weighted by molar-refractivity contribution is 7.89. The van der Waals surface area contributed by atoms with Gasteiger partial charge in [0, 0.05) is 5.69 Å². The van der Waals surface area contributed by atoms with Crippen molar-refractivity contribution in [1.82, 2.24) is 4.31 Å². The number of methoxy groups -OCH3 is 1. The van der Waals surface area contributed by atoms with Crippen molar-refractivity contribution < 1.29 is 27.2 Å². The number of anilines is 1. The number of nitrogens with zero attached hydrogens (tertiary/aromatic N) is 1. The number of para-hydroxylation sites is 1. The van der Waals surface area contributed by atoms with E-state index in [9.17, 15) is 18.0 Å². The number of esters is 1. The molecule has 0 aliphatic rings. The number of aryl methyl sites for hydroxylation is 1. The van der Waals surface area contributed by atoms with Crippen LogP contribution in [0.1, 0.15) is 21.7 Å². The molecule has 0 saturated heterocycles. The number of furan rings is 1. The summed E-state index contributed by atoms with van der Waals surface area (Å²) in [5, 5.41) is 2.68. The monoisotopic (exact) mass is 442 g/mol. The first-order valence-electron chi connectivity index (χ1n) is 9.37. The standard InChI is InChI=1S/C22H22N2O6S/c1-16-10-11-17(22(26)29-2)13-20(16)31(27,28)24(14-19-9-6-12-30-19)15-21(25)23-18-7-4-3-5-8-18/h3-13H,14-15H2,1-2H3,(H,23,25). The summed E-state index contributed by atoms with van der Waals surface area (Å²) in [4.78, 5) is 24.4. The topological polar surface area (TPSA) is 106 Å². The lowest BCUT2D eigenvalue weighted by atomic mass is 10.1. The molecular weight excluding hydrogens is 420 g/mol. The van der Waals surface area contributed by atoms with Crippen LogP contribution in [0.2, 0.25) is 0 Å². The van der Waals surface area contributed by atoms with Crippen LogP contribution in [0.3, 0.4) is 0 Å². The molecule has 0 fully saturated rings. The number of sulfonamides is 1. The zero-order valence-corrected chi connectivity index (χ0v) is 17.9. The molecule has 1 aromatic heterocycles. The third-order valence-corrected chi connectivity index (χ3v) is 6.45. The van der Waals surface area contributed by atoms with Gasteiger partial charge < -0.3 is 14.5 Å². The van der Waals surface area contributed by atoms with Gasteiger partial charge in [0.2, 0.25) is 15.9 Å². The first-order chi connectivity index (χ1) is 14.8. The van der Waals surface area contributed by atoms with E-state index in [0.717, 1.165) is 4.31 Å². The zero-order valence-electron chi connectivity index (χ0n) is 17.1. The number of hydrogen-bond acceptors (Lipinski definition) is 6. The van der Waals surface area contributed by atoms with Crippen LogP contribution in [0, 0.1) is 6.92 Å². The predicted octanol–water partition coefficient (Wildman–Crippen LogP) is 3.20. The summed E-state index contributed by atoms with van der Waals surface area (Å²) < 4.78 is 38.0. The van der Waals surface area contributed by atoms with Crippen LogP contribution in [0.4, 0.5) is 5.69 Å². The predicted molar refractivity (Wildman–Crippen MR) is 114 cm³/mol. The highest BCUT2D eigenvalue weighted by Gasteiger charge is 2.30. The van der Waals surface area contributed by atoms with E-state index in [1.807, 2.05) is 0 Å². The summed E-state index contributed by atoms with van der Waals surface area (Å²) >= 11 is 0. The number of carbonyl (C=O) groups excluding carboxylic acids is 2. The largest absolute Gasteiger partial charge is 0.468 e. The summed E-state index contributed by atoms with van der Waals surface area (Å²) in [6.45, 7) is 1.02. The second kappa shape index (κ2) is 9.59.